The van der Waals surface area contributed by atoms with Gasteiger partial charge in [0.2, 0.25) is 5.91 Å². The molecular formula is C14H20N2O3. The van der Waals surface area contributed by atoms with Gasteiger partial charge in [0, 0.05) is 25.5 Å². The zero-order valence-corrected chi connectivity index (χ0v) is 11.0. The Morgan fingerprint density at radius 3 is 2.84 bits per heavy atom. The maximum atomic E-state index is 12.1. The van der Waals surface area contributed by atoms with Crippen LogP contribution in [0.3, 0.4) is 0 Å². The zero-order valence-electron chi connectivity index (χ0n) is 11.0. The highest BCUT2D eigenvalue weighted by Crippen LogP contribution is 2.40. The molecule has 1 saturated heterocycles. The zero-order chi connectivity index (χ0) is 13.2. The van der Waals surface area contributed by atoms with Gasteiger partial charge in [-0.15, -0.1) is 0 Å². The molecule has 0 spiro atoms. The molecule has 2 heterocycles. The molecule has 0 aromatic carbocycles. The van der Waals surface area contributed by atoms with Gasteiger partial charge in [-0.05, 0) is 30.4 Å². The topological polar surface area (TPSA) is 54.7 Å². The summed E-state index contributed by atoms with van der Waals surface area (Å²) >= 11 is 0. The van der Waals surface area contributed by atoms with E-state index in [1.165, 1.54) is 0 Å². The molecule has 1 N–H and O–H groups in total. The van der Waals surface area contributed by atoms with Crippen molar-refractivity contribution in [2.45, 2.75) is 25.5 Å². The quantitative estimate of drug-likeness (QED) is 0.875. The van der Waals surface area contributed by atoms with Gasteiger partial charge < -0.3 is 19.3 Å². The molecule has 5 heteroatoms. The van der Waals surface area contributed by atoms with Crippen LogP contribution in [-0.2, 0) is 16.1 Å². The molecule has 1 aliphatic heterocycles. The third kappa shape index (κ3) is 2.98. The molecular weight excluding hydrogens is 244 g/mol. The molecule has 1 aliphatic carbocycles. The number of aliphatic hydroxyl groups is 1. The normalized spacial score (nSPS) is 21.4. The van der Waals surface area contributed by atoms with Crippen molar-refractivity contribution < 1.29 is 14.6 Å². The van der Waals surface area contributed by atoms with Gasteiger partial charge in [0.25, 0.3) is 0 Å². The lowest BCUT2D eigenvalue weighted by Gasteiger charge is -2.26. The summed E-state index contributed by atoms with van der Waals surface area (Å²) in [5, 5.41) is 10.0. The number of aromatic nitrogens is 1. The average molecular weight is 264 g/mol. The summed E-state index contributed by atoms with van der Waals surface area (Å²) in [5.41, 5.74) is 0.928. The second-order valence-electron chi connectivity index (χ2n) is 5.39. The van der Waals surface area contributed by atoms with Gasteiger partial charge in [-0.1, -0.05) is 0 Å². The van der Waals surface area contributed by atoms with Crippen LogP contribution in [0.15, 0.2) is 18.5 Å². The van der Waals surface area contributed by atoms with E-state index in [2.05, 4.69) is 0 Å². The fraction of sp³-hybridized carbons (Fsp3) is 0.643. The molecule has 1 unspecified atom stereocenters. The standard InChI is InChI=1S/C14H20N2O3/c17-13(16-5-7-19-8-6-16)10-15-4-3-12(9-15)14(18)11-1-2-11/h3-4,9,11,14,18H,1-2,5-8,10H2. The van der Waals surface area contributed by atoms with E-state index in [0.717, 1.165) is 18.4 Å². The minimum Gasteiger partial charge on any atom is -0.388 e. The largest absolute Gasteiger partial charge is 0.388 e. The monoisotopic (exact) mass is 264 g/mol. The van der Waals surface area contributed by atoms with Gasteiger partial charge in [-0.3, -0.25) is 4.79 Å². The summed E-state index contributed by atoms with van der Waals surface area (Å²) in [6.07, 6.45) is 5.62. The summed E-state index contributed by atoms with van der Waals surface area (Å²) in [7, 11) is 0. The van der Waals surface area contributed by atoms with Crippen LogP contribution in [0.5, 0.6) is 0 Å². The first-order valence-corrected chi connectivity index (χ1v) is 6.93. The molecule has 2 fully saturated rings. The summed E-state index contributed by atoms with van der Waals surface area (Å²) in [6.45, 7) is 2.96. The minimum absolute atomic E-state index is 0.117. The fourth-order valence-corrected chi connectivity index (χ4v) is 2.49. The van der Waals surface area contributed by atoms with Crippen molar-refractivity contribution in [3.63, 3.8) is 0 Å². The molecule has 0 radical (unpaired) electrons. The lowest BCUT2D eigenvalue weighted by molar-refractivity contribution is -0.135. The molecule has 1 saturated carbocycles. The molecule has 1 atom stereocenters. The van der Waals surface area contributed by atoms with Gasteiger partial charge in [-0.25, -0.2) is 0 Å². The molecule has 5 nitrogen and oxygen atoms in total. The minimum atomic E-state index is -0.361. The Balaban J connectivity index is 1.58. The van der Waals surface area contributed by atoms with Gasteiger partial charge >= 0.3 is 0 Å². The third-order valence-corrected chi connectivity index (χ3v) is 3.87. The Morgan fingerprint density at radius 1 is 1.42 bits per heavy atom. The van der Waals surface area contributed by atoms with Crippen LogP contribution >= 0.6 is 0 Å². The first-order valence-electron chi connectivity index (χ1n) is 6.93. The van der Waals surface area contributed by atoms with Crippen LogP contribution in [-0.4, -0.2) is 46.8 Å². The van der Waals surface area contributed by atoms with Gasteiger partial charge in [0.15, 0.2) is 0 Å². The van der Waals surface area contributed by atoms with Crippen molar-refractivity contribution in [1.82, 2.24) is 9.47 Å². The number of hydrogen-bond acceptors (Lipinski definition) is 3. The number of aliphatic hydroxyl groups excluding tert-OH is 1. The molecule has 19 heavy (non-hydrogen) atoms. The maximum absolute atomic E-state index is 12.1. The Bertz CT molecular complexity index is 447. The van der Waals surface area contributed by atoms with E-state index >= 15 is 0 Å². The van der Waals surface area contributed by atoms with E-state index in [0.29, 0.717) is 38.8 Å². The SMILES string of the molecule is O=C(Cn1ccc(C(O)C2CC2)c1)N1CCOCC1. The Morgan fingerprint density at radius 2 is 2.16 bits per heavy atom. The van der Waals surface area contributed by atoms with Crippen LogP contribution in [0.1, 0.15) is 24.5 Å². The van der Waals surface area contributed by atoms with Crippen molar-refractivity contribution >= 4 is 5.91 Å². The van der Waals surface area contributed by atoms with Crippen molar-refractivity contribution in [3.05, 3.63) is 24.0 Å². The highest BCUT2D eigenvalue weighted by molar-refractivity contribution is 5.76. The highest BCUT2D eigenvalue weighted by atomic mass is 16.5. The molecule has 104 valence electrons. The number of hydrogen-bond donors (Lipinski definition) is 1. The van der Waals surface area contributed by atoms with Crippen LogP contribution in [0, 0.1) is 5.92 Å². The molecule has 2 aliphatic rings. The van der Waals surface area contributed by atoms with Crippen molar-refractivity contribution in [3.8, 4) is 0 Å². The summed E-state index contributed by atoms with van der Waals surface area (Å²) in [6, 6.07) is 1.91. The van der Waals surface area contributed by atoms with Gasteiger partial charge in [0.05, 0.1) is 19.3 Å². The summed E-state index contributed by atoms with van der Waals surface area (Å²) < 4.78 is 7.10. The van der Waals surface area contributed by atoms with Crippen molar-refractivity contribution in [2.75, 3.05) is 26.3 Å². The smallest absolute Gasteiger partial charge is 0.242 e. The molecule has 0 bridgehead atoms. The number of nitrogens with zero attached hydrogens (tertiary/aromatic N) is 2. The van der Waals surface area contributed by atoms with E-state index in [1.54, 1.807) is 0 Å². The lowest BCUT2D eigenvalue weighted by atomic mass is 10.1. The predicted octanol–water partition coefficient (Wildman–Crippen LogP) is 0.790. The van der Waals surface area contributed by atoms with Crippen molar-refractivity contribution in [1.29, 1.82) is 0 Å². The molecule has 1 aromatic heterocycles. The van der Waals surface area contributed by atoms with Crippen LogP contribution in [0.4, 0.5) is 0 Å². The first kappa shape index (κ1) is 12.7. The van der Waals surface area contributed by atoms with E-state index in [4.69, 9.17) is 4.74 Å². The van der Waals surface area contributed by atoms with Crippen LogP contribution < -0.4 is 0 Å². The second kappa shape index (κ2) is 5.35. The van der Waals surface area contributed by atoms with Crippen LogP contribution in [0.2, 0.25) is 0 Å². The Hall–Kier alpha value is -1.33. The number of carbonyl (C=O) groups excluding carboxylic acids is 1. The van der Waals surface area contributed by atoms with Crippen molar-refractivity contribution in [2.24, 2.45) is 5.92 Å². The molecule has 1 amide bonds. The number of amides is 1. The lowest BCUT2D eigenvalue weighted by Crippen LogP contribution is -2.42. The molecule has 1 aromatic rings. The number of ether oxygens (including phenoxy) is 1. The Labute approximate surface area is 112 Å². The van der Waals surface area contributed by atoms with E-state index in [1.807, 2.05) is 27.9 Å². The average Bonchev–Trinajstić information content (AvgIpc) is 3.19. The van der Waals surface area contributed by atoms with E-state index in [-0.39, 0.29) is 12.0 Å². The fourth-order valence-electron chi connectivity index (χ4n) is 2.49. The van der Waals surface area contributed by atoms with E-state index < -0.39 is 0 Å². The second-order valence-corrected chi connectivity index (χ2v) is 5.39. The number of carbonyl (C=O) groups is 1. The number of rotatable bonds is 4. The summed E-state index contributed by atoms with van der Waals surface area (Å²) in [4.78, 5) is 13.9. The first-order chi connectivity index (χ1) is 9.24. The summed E-state index contributed by atoms with van der Waals surface area (Å²) in [5.74, 6) is 0.539. The molecule has 3 rings (SSSR count). The maximum Gasteiger partial charge on any atom is 0.242 e. The van der Waals surface area contributed by atoms with Crippen LogP contribution in [0.25, 0.3) is 0 Å². The highest BCUT2D eigenvalue weighted by Gasteiger charge is 2.31. The van der Waals surface area contributed by atoms with E-state index in [9.17, 15) is 9.90 Å². The predicted molar refractivity (Wildman–Crippen MR) is 69.5 cm³/mol. The third-order valence-electron chi connectivity index (χ3n) is 3.87. The number of morpholine rings is 1. The van der Waals surface area contributed by atoms with Gasteiger partial charge in [0.1, 0.15) is 6.54 Å². The van der Waals surface area contributed by atoms with Gasteiger partial charge in [-0.2, -0.15) is 0 Å². The Kier molecular flexibility index (Phi) is 3.57.